The largest absolute Gasteiger partial charge is 0.210 e. The van der Waals surface area contributed by atoms with Gasteiger partial charge in [0.1, 0.15) is 5.83 Å². The smallest absolute Gasteiger partial charge is 0.123 e. The summed E-state index contributed by atoms with van der Waals surface area (Å²) >= 11 is 5.19. The van der Waals surface area contributed by atoms with Gasteiger partial charge in [-0.05, 0) is 20.8 Å². The minimum Gasteiger partial charge on any atom is -0.210 e. The van der Waals surface area contributed by atoms with E-state index in [1.54, 1.807) is 0 Å². The SMILES string of the molecule is CC(C)(C)C#C/C=C(\F)CCl. The maximum Gasteiger partial charge on any atom is 0.123 e. The van der Waals surface area contributed by atoms with Crippen LogP contribution in [0.1, 0.15) is 20.8 Å². The summed E-state index contributed by atoms with van der Waals surface area (Å²) in [7, 11) is 0. The van der Waals surface area contributed by atoms with Crippen LogP contribution in [0.25, 0.3) is 0 Å². The number of hydrogen-bond donors (Lipinski definition) is 0. The zero-order chi connectivity index (χ0) is 8.91. The summed E-state index contributed by atoms with van der Waals surface area (Å²) in [5.74, 6) is 4.98. The van der Waals surface area contributed by atoms with Gasteiger partial charge in [-0.3, -0.25) is 0 Å². The van der Waals surface area contributed by atoms with Crippen LogP contribution in [0.15, 0.2) is 11.9 Å². The van der Waals surface area contributed by atoms with Crippen LogP contribution >= 0.6 is 11.6 Å². The first-order valence-corrected chi connectivity index (χ1v) is 3.92. The lowest BCUT2D eigenvalue weighted by Crippen LogP contribution is -1.98. The fraction of sp³-hybridized carbons (Fsp3) is 0.556. The Balaban J connectivity index is 4.11. The van der Waals surface area contributed by atoms with Crippen LogP contribution in [-0.4, -0.2) is 5.88 Å². The van der Waals surface area contributed by atoms with Crippen molar-refractivity contribution >= 4 is 11.6 Å². The second kappa shape index (κ2) is 4.41. The van der Waals surface area contributed by atoms with Crippen molar-refractivity contribution in [2.24, 2.45) is 5.41 Å². The molecule has 0 aromatic heterocycles. The van der Waals surface area contributed by atoms with E-state index in [1.807, 2.05) is 20.8 Å². The standard InChI is InChI=1S/C9H12ClF/c1-9(2,3)6-4-5-8(11)7-10/h5H,7H2,1-3H3/b8-5-. The molecule has 0 aromatic carbocycles. The van der Waals surface area contributed by atoms with Gasteiger partial charge in [0.25, 0.3) is 0 Å². The predicted octanol–water partition coefficient (Wildman–Crippen LogP) is 3.13. The number of rotatable bonds is 1. The van der Waals surface area contributed by atoms with Gasteiger partial charge in [-0.25, -0.2) is 4.39 Å². The fourth-order valence-corrected chi connectivity index (χ4v) is 0.447. The molecule has 0 spiro atoms. The van der Waals surface area contributed by atoms with Crippen molar-refractivity contribution in [1.29, 1.82) is 0 Å². The van der Waals surface area contributed by atoms with E-state index in [2.05, 4.69) is 11.8 Å². The molecule has 0 saturated carbocycles. The Morgan fingerprint density at radius 3 is 2.45 bits per heavy atom. The Morgan fingerprint density at radius 1 is 1.55 bits per heavy atom. The van der Waals surface area contributed by atoms with Gasteiger partial charge in [-0.1, -0.05) is 11.8 Å². The van der Waals surface area contributed by atoms with Gasteiger partial charge in [0.05, 0.1) is 5.88 Å². The minimum atomic E-state index is -0.386. The van der Waals surface area contributed by atoms with E-state index in [1.165, 1.54) is 6.08 Å². The Kier molecular flexibility index (Phi) is 4.22. The monoisotopic (exact) mass is 174 g/mol. The molecule has 0 unspecified atom stereocenters. The number of allylic oxidation sites excluding steroid dienone is 2. The maximum absolute atomic E-state index is 12.3. The molecule has 0 radical (unpaired) electrons. The molecule has 0 aromatic rings. The van der Waals surface area contributed by atoms with Crippen LogP contribution in [0.2, 0.25) is 0 Å². The average molecular weight is 175 g/mol. The molecule has 0 N–H and O–H groups in total. The Bertz CT molecular complexity index is 200. The fourth-order valence-electron chi connectivity index (χ4n) is 0.369. The topological polar surface area (TPSA) is 0 Å². The first-order valence-electron chi connectivity index (χ1n) is 3.39. The number of alkyl halides is 1. The summed E-state index contributed by atoms with van der Waals surface area (Å²) in [5.41, 5.74) is -0.0803. The highest BCUT2D eigenvalue weighted by Crippen LogP contribution is 2.09. The summed E-state index contributed by atoms with van der Waals surface area (Å²) < 4.78 is 12.3. The summed E-state index contributed by atoms with van der Waals surface area (Å²) in [6, 6.07) is 0. The van der Waals surface area contributed by atoms with Crippen molar-refractivity contribution in [1.82, 2.24) is 0 Å². The molecule has 2 heteroatoms. The average Bonchev–Trinajstić information content (AvgIpc) is 1.85. The number of hydrogen-bond acceptors (Lipinski definition) is 0. The molecule has 0 rings (SSSR count). The van der Waals surface area contributed by atoms with E-state index >= 15 is 0 Å². The van der Waals surface area contributed by atoms with Gasteiger partial charge in [0.2, 0.25) is 0 Å². The zero-order valence-corrected chi connectivity index (χ0v) is 7.80. The minimum absolute atomic E-state index is 0.0803. The van der Waals surface area contributed by atoms with Crippen LogP contribution in [-0.2, 0) is 0 Å². The van der Waals surface area contributed by atoms with Gasteiger partial charge in [-0.15, -0.1) is 11.6 Å². The Morgan fingerprint density at radius 2 is 2.09 bits per heavy atom. The lowest BCUT2D eigenvalue weighted by atomic mass is 9.98. The van der Waals surface area contributed by atoms with E-state index in [0.29, 0.717) is 0 Å². The van der Waals surface area contributed by atoms with Crippen molar-refractivity contribution in [3.8, 4) is 11.8 Å². The third-order valence-electron chi connectivity index (χ3n) is 0.804. The van der Waals surface area contributed by atoms with E-state index < -0.39 is 0 Å². The molecule has 0 aliphatic carbocycles. The van der Waals surface area contributed by atoms with Gasteiger partial charge in [-0.2, -0.15) is 0 Å². The van der Waals surface area contributed by atoms with Gasteiger partial charge in [0.15, 0.2) is 0 Å². The molecule has 0 nitrogen and oxygen atoms in total. The van der Waals surface area contributed by atoms with E-state index in [0.717, 1.165) is 0 Å². The highest BCUT2D eigenvalue weighted by atomic mass is 35.5. The van der Waals surface area contributed by atoms with Crippen molar-refractivity contribution < 1.29 is 4.39 Å². The molecule has 0 heterocycles. The highest BCUT2D eigenvalue weighted by Gasteiger charge is 2.02. The van der Waals surface area contributed by atoms with Gasteiger partial charge < -0.3 is 0 Å². The lowest BCUT2D eigenvalue weighted by molar-refractivity contribution is 0.571. The van der Waals surface area contributed by atoms with Crippen molar-refractivity contribution in [3.05, 3.63) is 11.9 Å². The summed E-state index contributed by atoms with van der Waals surface area (Å²) in [5, 5.41) is 0. The molecule has 0 fully saturated rings. The second-order valence-corrected chi connectivity index (χ2v) is 3.51. The van der Waals surface area contributed by atoms with E-state index in [9.17, 15) is 4.39 Å². The van der Waals surface area contributed by atoms with Crippen molar-refractivity contribution in [2.45, 2.75) is 20.8 Å². The molecule has 0 aliphatic rings. The van der Waals surface area contributed by atoms with E-state index in [4.69, 9.17) is 11.6 Å². The third-order valence-corrected chi connectivity index (χ3v) is 1.06. The molecular formula is C9H12ClF. The maximum atomic E-state index is 12.3. The van der Waals surface area contributed by atoms with E-state index in [-0.39, 0.29) is 17.1 Å². The second-order valence-electron chi connectivity index (χ2n) is 3.24. The Labute approximate surface area is 72.4 Å². The van der Waals surface area contributed by atoms with Crippen LogP contribution in [0.3, 0.4) is 0 Å². The molecule has 11 heavy (non-hydrogen) atoms. The van der Waals surface area contributed by atoms with Gasteiger partial charge >= 0.3 is 0 Å². The first kappa shape index (κ1) is 10.5. The number of halogens is 2. The van der Waals surface area contributed by atoms with Crippen molar-refractivity contribution in [2.75, 3.05) is 5.88 Å². The van der Waals surface area contributed by atoms with Crippen molar-refractivity contribution in [3.63, 3.8) is 0 Å². The quantitative estimate of drug-likeness (QED) is 0.423. The molecule has 0 amide bonds. The van der Waals surface area contributed by atoms with Crippen LogP contribution in [0, 0.1) is 17.3 Å². The first-order chi connectivity index (χ1) is 4.95. The van der Waals surface area contributed by atoms with Crippen LogP contribution < -0.4 is 0 Å². The predicted molar refractivity (Wildman–Crippen MR) is 47.1 cm³/mol. The zero-order valence-electron chi connectivity index (χ0n) is 7.04. The molecular weight excluding hydrogens is 163 g/mol. The summed E-state index contributed by atoms with van der Waals surface area (Å²) in [6.45, 7) is 5.89. The molecule has 0 atom stereocenters. The lowest BCUT2D eigenvalue weighted by Gasteiger charge is -2.05. The van der Waals surface area contributed by atoms with Crippen LogP contribution in [0.4, 0.5) is 4.39 Å². The normalized spacial score (nSPS) is 12.3. The Hall–Kier alpha value is -0.480. The molecule has 0 bridgehead atoms. The summed E-state index contributed by atoms with van der Waals surface area (Å²) in [4.78, 5) is 0. The molecule has 0 aliphatic heterocycles. The third kappa shape index (κ3) is 7.42. The summed E-state index contributed by atoms with van der Waals surface area (Å²) in [6.07, 6.45) is 1.21. The van der Waals surface area contributed by atoms with Crippen LogP contribution in [0.5, 0.6) is 0 Å². The highest BCUT2D eigenvalue weighted by molar-refractivity contribution is 6.19. The molecule has 62 valence electrons. The van der Waals surface area contributed by atoms with Gasteiger partial charge in [0, 0.05) is 11.5 Å². The molecule has 0 saturated heterocycles.